The molecule has 0 radical (unpaired) electrons. The highest BCUT2D eigenvalue weighted by Crippen LogP contribution is 2.30. The molecule has 2 saturated heterocycles. The topological polar surface area (TPSA) is 54.0 Å². The number of anilines is 1. The van der Waals surface area contributed by atoms with Crippen molar-refractivity contribution in [3.63, 3.8) is 0 Å². The van der Waals surface area contributed by atoms with Crippen LogP contribution in [0.4, 0.5) is 10.5 Å². The molecule has 0 spiro atoms. The predicted molar refractivity (Wildman–Crippen MR) is 84.5 cm³/mol. The Hall–Kier alpha value is -1.95. The van der Waals surface area contributed by atoms with Gasteiger partial charge in [-0.05, 0) is 18.6 Å². The van der Waals surface area contributed by atoms with E-state index in [4.69, 9.17) is 9.47 Å². The number of para-hydroxylation sites is 2. The number of methoxy groups -OCH3 is 1. The van der Waals surface area contributed by atoms with E-state index < -0.39 is 0 Å². The minimum Gasteiger partial charge on any atom is -0.495 e. The number of hydrogen-bond acceptors (Lipinski definition) is 4. The van der Waals surface area contributed by atoms with Crippen LogP contribution in [0.1, 0.15) is 6.42 Å². The van der Waals surface area contributed by atoms with Crippen LogP contribution in [-0.4, -0.2) is 63.5 Å². The molecule has 3 rings (SSSR count). The van der Waals surface area contributed by atoms with E-state index in [2.05, 4.69) is 16.3 Å². The molecule has 0 saturated carbocycles. The fraction of sp³-hybridized carbons (Fsp3) is 0.562. The van der Waals surface area contributed by atoms with Crippen LogP contribution in [0, 0.1) is 0 Å². The van der Waals surface area contributed by atoms with Crippen molar-refractivity contribution in [3.05, 3.63) is 24.3 Å². The van der Waals surface area contributed by atoms with Gasteiger partial charge in [0.1, 0.15) is 5.75 Å². The summed E-state index contributed by atoms with van der Waals surface area (Å²) in [6, 6.07) is 8.21. The lowest BCUT2D eigenvalue weighted by Crippen LogP contribution is -2.49. The molecule has 2 fully saturated rings. The van der Waals surface area contributed by atoms with E-state index >= 15 is 0 Å². The van der Waals surface area contributed by atoms with Gasteiger partial charge in [0, 0.05) is 32.2 Å². The maximum atomic E-state index is 12.2. The van der Waals surface area contributed by atoms with Gasteiger partial charge in [0.05, 0.1) is 26.0 Å². The summed E-state index contributed by atoms with van der Waals surface area (Å²) in [5.74, 6) is 0.877. The molecule has 0 aliphatic carbocycles. The standard InChI is InChI=1S/C16H23N3O3/c1-21-15-5-3-2-4-14(15)19-7-6-13(12-19)17-16(20)18-8-10-22-11-9-18/h2-5,13H,6-12H2,1H3,(H,17,20). The summed E-state index contributed by atoms with van der Waals surface area (Å²) in [5, 5.41) is 3.13. The van der Waals surface area contributed by atoms with Crippen LogP contribution in [0.15, 0.2) is 24.3 Å². The van der Waals surface area contributed by atoms with E-state index in [1.807, 2.05) is 23.1 Å². The van der Waals surface area contributed by atoms with Crippen LogP contribution in [0.25, 0.3) is 0 Å². The molecule has 2 amide bonds. The molecule has 2 aliphatic rings. The van der Waals surface area contributed by atoms with Crippen molar-refractivity contribution in [3.8, 4) is 5.75 Å². The van der Waals surface area contributed by atoms with Gasteiger partial charge in [-0.3, -0.25) is 0 Å². The van der Waals surface area contributed by atoms with Crippen LogP contribution in [0.2, 0.25) is 0 Å². The number of nitrogens with zero attached hydrogens (tertiary/aromatic N) is 2. The number of carbonyl (C=O) groups is 1. The Bertz CT molecular complexity index is 517. The molecular formula is C16H23N3O3. The van der Waals surface area contributed by atoms with Crippen molar-refractivity contribution in [1.29, 1.82) is 0 Å². The zero-order valence-corrected chi connectivity index (χ0v) is 13.0. The largest absolute Gasteiger partial charge is 0.495 e. The lowest BCUT2D eigenvalue weighted by molar-refractivity contribution is 0.0526. The van der Waals surface area contributed by atoms with E-state index in [1.165, 1.54) is 0 Å². The summed E-state index contributed by atoms with van der Waals surface area (Å²) in [7, 11) is 1.69. The first-order valence-electron chi connectivity index (χ1n) is 7.79. The molecule has 0 aromatic heterocycles. The molecule has 6 nitrogen and oxygen atoms in total. The van der Waals surface area contributed by atoms with Gasteiger partial charge in [-0.15, -0.1) is 0 Å². The first-order valence-corrected chi connectivity index (χ1v) is 7.79. The van der Waals surface area contributed by atoms with Crippen molar-refractivity contribution in [1.82, 2.24) is 10.2 Å². The fourth-order valence-corrected chi connectivity index (χ4v) is 3.02. The average molecular weight is 305 g/mol. The second-order valence-electron chi connectivity index (χ2n) is 5.65. The minimum absolute atomic E-state index is 0.0233. The number of ether oxygens (including phenoxy) is 2. The first-order chi connectivity index (χ1) is 10.8. The number of benzene rings is 1. The summed E-state index contributed by atoms with van der Waals surface area (Å²) in [6.45, 7) is 4.35. The molecule has 1 aromatic rings. The van der Waals surface area contributed by atoms with Crippen molar-refractivity contribution in [2.24, 2.45) is 0 Å². The van der Waals surface area contributed by atoms with Crippen LogP contribution in [-0.2, 0) is 4.74 Å². The van der Waals surface area contributed by atoms with Crippen LogP contribution in [0.5, 0.6) is 5.75 Å². The molecule has 1 unspecified atom stereocenters. The zero-order chi connectivity index (χ0) is 15.4. The Morgan fingerprint density at radius 3 is 2.82 bits per heavy atom. The minimum atomic E-state index is 0.0233. The number of rotatable bonds is 3. The summed E-state index contributed by atoms with van der Waals surface area (Å²) >= 11 is 0. The van der Waals surface area contributed by atoms with Crippen LogP contribution in [0.3, 0.4) is 0 Å². The van der Waals surface area contributed by atoms with Gasteiger partial charge in [0.2, 0.25) is 0 Å². The maximum Gasteiger partial charge on any atom is 0.317 e. The number of carbonyl (C=O) groups excluding carboxylic acids is 1. The van der Waals surface area contributed by atoms with E-state index in [1.54, 1.807) is 7.11 Å². The molecule has 1 aromatic carbocycles. The highest BCUT2D eigenvalue weighted by Gasteiger charge is 2.27. The number of urea groups is 1. The number of hydrogen-bond donors (Lipinski definition) is 1. The molecule has 120 valence electrons. The van der Waals surface area contributed by atoms with Crippen molar-refractivity contribution in [2.45, 2.75) is 12.5 Å². The third-order valence-electron chi connectivity index (χ3n) is 4.24. The SMILES string of the molecule is COc1ccccc1N1CCC(NC(=O)N2CCOCC2)C1. The predicted octanol–water partition coefficient (Wildman–Crippen LogP) is 1.32. The number of nitrogens with one attached hydrogen (secondary N) is 1. The quantitative estimate of drug-likeness (QED) is 0.915. The summed E-state index contributed by atoms with van der Waals surface area (Å²) < 4.78 is 10.7. The normalized spacial score (nSPS) is 21.8. The van der Waals surface area contributed by atoms with Gasteiger partial charge in [0.25, 0.3) is 0 Å². The summed E-state index contributed by atoms with van der Waals surface area (Å²) in [5.41, 5.74) is 1.09. The van der Waals surface area contributed by atoms with Gasteiger partial charge >= 0.3 is 6.03 Å². The van der Waals surface area contributed by atoms with E-state index in [0.29, 0.717) is 26.3 Å². The lowest BCUT2D eigenvalue weighted by Gasteiger charge is -2.28. The highest BCUT2D eigenvalue weighted by molar-refractivity contribution is 5.75. The van der Waals surface area contributed by atoms with Gasteiger partial charge in [0.15, 0.2) is 0 Å². The third-order valence-corrected chi connectivity index (χ3v) is 4.24. The Morgan fingerprint density at radius 2 is 2.05 bits per heavy atom. The fourth-order valence-electron chi connectivity index (χ4n) is 3.02. The van der Waals surface area contributed by atoms with E-state index in [0.717, 1.165) is 30.9 Å². The van der Waals surface area contributed by atoms with E-state index in [9.17, 15) is 4.79 Å². The zero-order valence-electron chi connectivity index (χ0n) is 13.0. The highest BCUT2D eigenvalue weighted by atomic mass is 16.5. The Morgan fingerprint density at radius 1 is 1.27 bits per heavy atom. The number of amides is 2. The number of morpholine rings is 1. The van der Waals surface area contributed by atoms with Crippen LogP contribution < -0.4 is 15.0 Å². The van der Waals surface area contributed by atoms with Crippen LogP contribution >= 0.6 is 0 Å². The lowest BCUT2D eigenvalue weighted by atomic mass is 10.2. The van der Waals surface area contributed by atoms with Gasteiger partial charge in [-0.25, -0.2) is 4.79 Å². The molecule has 2 aliphatic heterocycles. The smallest absolute Gasteiger partial charge is 0.317 e. The Labute approximate surface area is 131 Å². The Kier molecular flexibility index (Phi) is 4.68. The monoisotopic (exact) mass is 305 g/mol. The first kappa shape index (κ1) is 15.0. The maximum absolute atomic E-state index is 12.2. The second-order valence-corrected chi connectivity index (χ2v) is 5.65. The Balaban J connectivity index is 1.57. The van der Waals surface area contributed by atoms with Crippen molar-refractivity contribution in [2.75, 3.05) is 51.4 Å². The van der Waals surface area contributed by atoms with Gasteiger partial charge < -0.3 is 24.6 Å². The summed E-state index contributed by atoms with van der Waals surface area (Å²) in [6.07, 6.45) is 0.953. The molecular weight excluding hydrogens is 282 g/mol. The molecule has 1 atom stereocenters. The average Bonchev–Trinajstić information content (AvgIpc) is 3.04. The molecule has 22 heavy (non-hydrogen) atoms. The second kappa shape index (κ2) is 6.87. The van der Waals surface area contributed by atoms with Crippen molar-refractivity contribution >= 4 is 11.7 Å². The summed E-state index contributed by atoms with van der Waals surface area (Å²) in [4.78, 5) is 16.3. The van der Waals surface area contributed by atoms with Gasteiger partial charge in [-0.1, -0.05) is 12.1 Å². The molecule has 2 heterocycles. The molecule has 6 heteroatoms. The molecule has 0 bridgehead atoms. The van der Waals surface area contributed by atoms with Crippen molar-refractivity contribution < 1.29 is 14.3 Å². The molecule has 1 N–H and O–H groups in total. The van der Waals surface area contributed by atoms with E-state index in [-0.39, 0.29) is 12.1 Å². The third kappa shape index (κ3) is 3.27. The van der Waals surface area contributed by atoms with Gasteiger partial charge in [-0.2, -0.15) is 0 Å².